The summed E-state index contributed by atoms with van der Waals surface area (Å²) in [6.07, 6.45) is 1.82. The fraction of sp³-hybridized carbons (Fsp3) is 0.0417. The number of fused-ring (bicyclic) bond motifs is 3. The molecule has 0 spiro atoms. The van der Waals surface area contributed by atoms with Crippen LogP contribution in [0.3, 0.4) is 0 Å². The van der Waals surface area contributed by atoms with Gasteiger partial charge in [0.2, 0.25) is 0 Å². The normalized spacial score (nSPS) is 11.2. The van der Waals surface area contributed by atoms with E-state index in [1.807, 2.05) is 66.9 Å². The van der Waals surface area contributed by atoms with E-state index < -0.39 is 0 Å². The second-order valence-electron chi connectivity index (χ2n) is 6.64. The molecule has 4 heteroatoms. The van der Waals surface area contributed by atoms with Crippen molar-refractivity contribution in [2.45, 2.75) is 6.61 Å². The molecule has 0 saturated heterocycles. The molecule has 2 heterocycles. The molecule has 0 aliphatic heterocycles. The minimum Gasteiger partial charge on any atom is -0.488 e. The van der Waals surface area contributed by atoms with Crippen LogP contribution in [0.15, 0.2) is 91.1 Å². The summed E-state index contributed by atoms with van der Waals surface area (Å²) >= 11 is 0. The molecule has 0 amide bonds. The van der Waals surface area contributed by atoms with Gasteiger partial charge in [-0.15, -0.1) is 0 Å². The highest BCUT2D eigenvalue weighted by atomic mass is 19.1. The predicted molar refractivity (Wildman–Crippen MR) is 109 cm³/mol. The fourth-order valence-electron chi connectivity index (χ4n) is 3.47. The van der Waals surface area contributed by atoms with Crippen molar-refractivity contribution in [2.24, 2.45) is 0 Å². The van der Waals surface area contributed by atoms with Crippen molar-refractivity contribution in [1.82, 2.24) is 9.38 Å². The van der Waals surface area contributed by atoms with E-state index in [1.54, 1.807) is 12.1 Å². The molecule has 3 nitrogen and oxygen atoms in total. The standard InChI is InChI=1S/C24H17FN2O/c25-19-12-10-18(11-13-19)22-15-26-24-14-23(28-16-17-6-2-1-3-7-17)20-8-4-5-9-21(20)27(22)24/h1-15H,16H2. The second-order valence-corrected chi connectivity index (χ2v) is 6.64. The SMILES string of the molecule is Fc1ccc(-c2cnc3cc(OCc4ccccc4)c4ccccc4n23)cc1. The van der Waals surface area contributed by atoms with Gasteiger partial charge in [-0.25, -0.2) is 9.37 Å². The molecule has 0 bridgehead atoms. The van der Waals surface area contributed by atoms with Gasteiger partial charge in [0.05, 0.1) is 17.4 Å². The van der Waals surface area contributed by atoms with Crippen LogP contribution < -0.4 is 4.74 Å². The fourth-order valence-corrected chi connectivity index (χ4v) is 3.47. The van der Waals surface area contributed by atoms with Crippen LogP contribution >= 0.6 is 0 Å². The Morgan fingerprint density at radius 2 is 1.61 bits per heavy atom. The number of pyridine rings is 1. The highest BCUT2D eigenvalue weighted by molar-refractivity contribution is 5.90. The van der Waals surface area contributed by atoms with Crippen molar-refractivity contribution in [3.05, 3.63) is 103 Å². The number of hydrogen-bond acceptors (Lipinski definition) is 2. The van der Waals surface area contributed by atoms with Crippen molar-refractivity contribution in [2.75, 3.05) is 0 Å². The van der Waals surface area contributed by atoms with Crippen LogP contribution in [0.4, 0.5) is 4.39 Å². The van der Waals surface area contributed by atoms with Crippen LogP contribution in [0.25, 0.3) is 27.8 Å². The number of aromatic nitrogens is 2. The molecule has 0 atom stereocenters. The number of para-hydroxylation sites is 1. The lowest BCUT2D eigenvalue weighted by Gasteiger charge is -2.13. The number of ether oxygens (including phenoxy) is 1. The first-order chi connectivity index (χ1) is 13.8. The maximum Gasteiger partial charge on any atom is 0.141 e. The van der Waals surface area contributed by atoms with E-state index in [-0.39, 0.29) is 5.82 Å². The van der Waals surface area contributed by atoms with Crippen molar-refractivity contribution in [3.63, 3.8) is 0 Å². The van der Waals surface area contributed by atoms with Crippen molar-refractivity contribution < 1.29 is 9.13 Å². The van der Waals surface area contributed by atoms with Gasteiger partial charge in [-0.3, -0.25) is 4.40 Å². The molecule has 0 unspecified atom stereocenters. The number of imidazole rings is 1. The van der Waals surface area contributed by atoms with Crippen LogP contribution in [-0.4, -0.2) is 9.38 Å². The molecular formula is C24H17FN2O. The third kappa shape index (κ3) is 2.89. The molecule has 0 fully saturated rings. The van der Waals surface area contributed by atoms with Crippen LogP contribution in [-0.2, 0) is 6.61 Å². The van der Waals surface area contributed by atoms with Crippen molar-refractivity contribution in [3.8, 4) is 17.0 Å². The van der Waals surface area contributed by atoms with Gasteiger partial charge < -0.3 is 4.74 Å². The van der Waals surface area contributed by atoms with E-state index in [2.05, 4.69) is 9.38 Å². The van der Waals surface area contributed by atoms with E-state index in [0.29, 0.717) is 6.61 Å². The molecule has 28 heavy (non-hydrogen) atoms. The average molecular weight is 368 g/mol. The molecule has 0 saturated carbocycles. The zero-order valence-corrected chi connectivity index (χ0v) is 15.0. The second kappa shape index (κ2) is 6.82. The zero-order chi connectivity index (χ0) is 18.9. The lowest BCUT2D eigenvalue weighted by atomic mass is 10.1. The molecule has 5 aromatic rings. The van der Waals surface area contributed by atoms with Gasteiger partial charge in [0, 0.05) is 17.0 Å². The molecule has 3 aromatic carbocycles. The quantitative estimate of drug-likeness (QED) is 0.396. The Morgan fingerprint density at radius 1 is 0.857 bits per heavy atom. The summed E-state index contributed by atoms with van der Waals surface area (Å²) in [7, 11) is 0. The van der Waals surface area contributed by atoms with Gasteiger partial charge in [-0.1, -0.05) is 42.5 Å². The van der Waals surface area contributed by atoms with Gasteiger partial charge in [-0.2, -0.15) is 0 Å². The van der Waals surface area contributed by atoms with E-state index in [4.69, 9.17) is 4.74 Å². The first-order valence-corrected chi connectivity index (χ1v) is 9.11. The van der Waals surface area contributed by atoms with E-state index >= 15 is 0 Å². The molecule has 0 radical (unpaired) electrons. The van der Waals surface area contributed by atoms with Crippen molar-refractivity contribution in [1.29, 1.82) is 0 Å². The molecular weight excluding hydrogens is 351 g/mol. The van der Waals surface area contributed by atoms with Gasteiger partial charge in [0.1, 0.15) is 23.8 Å². The van der Waals surface area contributed by atoms with E-state index in [9.17, 15) is 4.39 Å². The van der Waals surface area contributed by atoms with Crippen LogP contribution in [0.1, 0.15) is 5.56 Å². The zero-order valence-electron chi connectivity index (χ0n) is 15.0. The highest BCUT2D eigenvalue weighted by Gasteiger charge is 2.13. The van der Waals surface area contributed by atoms with Gasteiger partial charge >= 0.3 is 0 Å². The largest absolute Gasteiger partial charge is 0.488 e. The summed E-state index contributed by atoms with van der Waals surface area (Å²) in [5, 5.41) is 1.01. The summed E-state index contributed by atoms with van der Waals surface area (Å²) in [6, 6.07) is 26.6. The van der Waals surface area contributed by atoms with Gasteiger partial charge in [-0.05, 0) is 42.0 Å². The monoisotopic (exact) mass is 368 g/mol. The third-order valence-electron chi connectivity index (χ3n) is 4.84. The van der Waals surface area contributed by atoms with Gasteiger partial charge in [0.15, 0.2) is 0 Å². The maximum atomic E-state index is 13.3. The number of benzene rings is 3. The number of rotatable bonds is 4. The molecule has 0 N–H and O–H groups in total. The Morgan fingerprint density at radius 3 is 2.43 bits per heavy atom. The minimum absolute atomic E-state index is 0.251. The smallest absolute Gasteiger partial charge is 0.141 e. The highest BCUT2D eigenvalue weighted by Crippen LogP contribution is 2.32. The topological polar surface area (TPSA) is 26.5 Å². The predicted octanol–water partition coefficient (Wildman–Crippen LogP) is 5.87. The Labute approximate surface area is 161 Å². The molecule has 0 aliphatic carbocycles. The summed E-state index contributed by atoms with van der Waals surface area (Å²) in [5.41, 5.74) is 4.74. The number of halogens is 1. The number of nitrogens with zero attached hydrogens (tertiary/aromatic N) is 2. The molecule has 2 aromatic heterocycles. The first kappa shape index (κ1) is 16.5. The minimum atomic E-state index is -0.251. The summed E-state index contributed by atoms with van der Waals surface area (Å²) in [5.74, 6) is 0.544. The number of hydrogen-bond donors (Lipinski definition) is 0. The molecule has 0 aliphatic rings. The summed E-state index contributed by atoms with van der Waals surface area (Å²) in [4.78, 5) is 4.57. The summed E-state index contributed by atoms with van der Waals surface area (Å²) < 4.78 is 21.6. The Bertz CT molecular complexity index is 1260. The third-order valence-corrected chi connectivity index (χ3v) is 4.84. The Kier molecular flexibility index (Phi) is 4.02. The summed E-state index contributed by atoms with van der Waals surface area (Å²) in [6.45, 7) is 0.493. The van der Waals surface area contributed by atoms with Crippen molar-refractivity contribution >= 4 is 16.6 Å². The molecule has 5 rings (SSSR count). The lowest BCUT2D eigenvalue weighted by molar-refractivity contribution is 0.310. The maximum absolute atomic E-state index is 13.3. The Hall–Kier alpha value is -3.66. The first-order valence-electron chi connectivity index (χ1n) is 9.11. The lowest BCUT2D eigenvalue weighted by Crippen LogP contribution is -1.99. The van der Waals surface area contributed by atoms with Crippen LogP contribution in [0.2, 0.25) is 0 Å². The van der Waals surface area contributed by atoms with Crippen LogP contribution in [0.5, 0.6) is 5.75 Å². The average Bonchev–Trinajstić information content (AvgIpc) is 3.17. The molecule has 136 valence electrons. The Balaban J connectivity index is 1.64. The van der Waals surface area contributed by atoms with E-state index in [1.165, 1.54) is 12.1 Å². The van der Waals surface area contributed by atoms with Gasteiger partial charge in [0.25, 0.3) is 0 Å². The van der Waals surface area contributed by atoms with E-state index in [0.717, 1.165) is 39.1 Å². The van der Waals surface area contributed by atoms with Crippen LogP contribution in [0, 0.1) is 5.82 Å².